The summed E-state index contributed by atoms with van der Waals surface area (Å²) >= 11 is 0. The fourth-order valence-electron chi connectivity index (χ4n) is 3.03. The first-order valence-corrected chi connectivity index (χ1v) is 9.24. The third-order valence-corrected chi connectivity index (χ3v) is 4.67. The van der Waals surface area contributed by atoms with Crippen LogP contribution in [-0.4, -0.2) is 64.5 Å². The maximum absolute atomic E-state index is 12.9. The molecule has 1 aliphatic rings. The maximum Gasteiger partial charge on any atom is 0.255 e. The predicted octanol–water partition coefficient (Wildman–Crippen LogP) is 1.92. The van der Waals surface area contributed by atoms with Crippen molar-refractivity contribution in [2.45, 2.75) is 57.7 Å². The lowest BCUT2D eigenvalue weighted by Gasteiger charge is -2.26. The van der Waals surface area contributed by atoms with E-state index < -0.39 is 12.2 Å². The van der Waals surface area contributed by atoms with E-state index in [1.54, 1.807) is 23.2 Å². The van der Waals surface area contributed by atoms with Gasteiger partial charge in [0.05, 0.1) is 18.3 Å². The zero-order valence-corrected chi connectivity index (χ0v) is 15.1. The molecule has 1 amide bonds. The van der Waals surface area contributed by atoms with E-state index in [-0.39, 0.29) is 12.5 Å². The van der Waals surface area contributed by atoms with Crippen LogP contribution in [0.15, 0.2) is 18.3 Å². The van der Waals surface area contributed by atoms with Crippen molar-refractivity contribution in [1.82, 2.24) is 9.88 Å². The molecule has 1 aliphatic heterocycles. The molecule has 1 saturated heterocycles. The molecule has 0 radical (unpaired) electrons. The number of aliphatic hydroxyl groups excluding tert-OH is 2. The largest absolute Gasteiger partial charge is 0.390 e. The highest BCUT2D eigenvalue weighted by Gasteiger charge is 2.22. The highest BCUT2D eigenvalue weighted by molar-refractivity contribution is 5.95. The molecule has 1 aromatic rings. The second-order valence-corrected chi connectivity index (χ2v) is 6.69. The normalized spacial score (nSPS) is 24.5. The third kappa shape index (κ3) is 6.38. The van der Waals surface area contributed by atoms with E-state index in [2.05, 4.69) is 4.98 Å². The number of carbonyl (C=O) groups excluding carboxylic acids is 1. The highest BCUT2D eigenvalue weighted by atomic mass is 16.5. The minimum absolute atomic E-state index is 0.0596. The van der Waals surface area contributed by atoms with Gasteiger partial charge >= 0.3 is 0 Å². The average molecular weight is 350 g/mol. The molecule has 6 nitrogen and oxygen atoms in total. The average Bonchev–Trinajstić information content (AvgIpc) is 2.61. The van der Waals surface area contributed by atoms with E-state index in [0.29, 0.717) is 37.4 Å². The van der Waals surface area contributed by atoms with Crippen LogP contribution in [0.25, 0.3) is 0 Å². The number of hydrogen-bond acceptors (Lipinski definition) is 5. The van der Waals surface area contributed by atoms with Gasteiger partial charge in [-0.1, -0.05) is 19.3 Å². The lowest BCUT2D eigenvalue weighted by molar-refractivity contribution is -0.0434. The number of carbonyl (C=O) groups is 1. The number of hydrogen-bond donors (Lipinski definition) is 2. The maximum atomic E-state index is 12.9. The van der Waals surface area contributed by atoms with Gasteiger partial charge in [-0.15, -0.1) is 0 Å². The molecule has 2 N–H and O–H groups in total. The minimum Gasteiger partial charge on any atom is -0.390 e. The van der Waals surface area contributed by atoms with Crippen molar-refractivity contribution >= 4 is 5.91 Å². The summed E-state index contributed by atoms with van der Waals surface area (Å²) in [7, 11) is 0. The fraction of sp³-hybridized carbons (Fsp3) is 0.684. The molecule has 6 heteroatoms. The van der Waals surface area contributed by atoms with Crippen molar-refractivity contribution in [3.05, 3.63) is 29.6 Å². The van der Waals surface area contributed by atoms with Gasteiger partial charge in [0.15, 0.2) is 0 Å². The van der Waals surface area contributed by atoms with Crippen LogP contribution in [0.2, 0.25) is 0 Å². The Balaban J connectivity index is 2.04. The Kier molecular flexibility index (Phi) is 8.31. The molecular weight excluding hydrogens is 320 g/mol. The van der Waals surface area contributed by atoms with Gasteiger partial charge in [0, 0.05) is 31.6 Å². The number of nitrogens with zero attached hydrogens (tertiary/aromatic N) is 2. The van der Waals surface area contributed by atoms with Crippen LogP contribution >= 0.6 is 0 Å². The monoisotopic (exact) mass is 350 g/mol. The number of rotatable bonds is 1. The Morgan fingerprint density at radius 2 is 1.92 bits per heavy atom. The van der Waals surface area contributed by atoms with Crippen LogP contribution < -0.4 is 0 Å². The van der Waals surface area contributed by atoms with E-state index in [1.165, 1.54) is 0 Å². The van der Waals surface area contributed by atoms with Gasteiger partial charge in [-0.05, 0) is 38.3 Å². The molecule has 2 heterocycles. The molecule has 0 aromatic carbocycles. The number of ether oxygens (including phenoxy) is 1. The molecule has 1 fully saturated rings. The lowest BCUT2D eigenvalue weighted by atomic mass is 10.1. The molecule has 0 unspecified atom stereocenters. The number of pyridine rings is 1. The van der Waals surface area contributed by atoms with E-state index >= 15 is 0 Å². The Labute approximate surface area is 149 Å². The first-order valence-electron chi connectivity index (χ1n) is 9.24. The zero-order chi connectivity index (χ0) is 18.1. The summed E-state index contributed by atoms with van der Waals surface area (Å²) in [6.07, 6.45) is 5.35. The van der Waals surface area contributed by atoms with Crippen LogP contribution in [0, 0.1) is 6.92 Å². The van der Waals surface area contributed by atoms with Gasteiger partial charge < -0.3 is 19.8 Å². The molecule has 25 heavy (non-hydrogen) atoms. The van der Waals surface area contributed by atoms with Crippen LogP contribution in [-0.2, 0) is 4.74 Å². The Morgan fingerprint density at radius 1 is 1.16 bits per heavy atom. The van der Waals surface area contributed by atoms with Gasteiger partial charge in [0.25, 0.3) is 5.91 Å². The molecule has 0 bridgehead atoms. The Bertz CT molecular complexity index is 538. The summed E-state index contributed by atoms with van der Waals surface area (Å²) in [5.41, 5.74) is 1.31. The van der Waals surface area contributed by atoms with E-state index in [4.69, 9.17) is 4.74 Å². The second kappa shape index (κ2) is 10.5. The van der Waals surface area contributed by atoms with Crippen LogP contribution in [0.4, 0.5) is 0 Å². The smallest absolute Gasteiger partial charge is 0.255 e. The topological polar surface area (TPSA) is 82.9 Å². The number of aliphatic hydroxyl groups is 2. The Morgan fingerprint density at radius 3 is 2.72 bits per heavy atom. The summed E-state index contributed by atoms with van der Waals surface area (Å²) in [6.45, 7) is 3.65. The summed E-state index contributed by atoms with van der Waals surface area (Å²) in [5, 5.41) is 20.1. The van der Waals surface area contributed by atoms with Gasteiger partial charge in [0.1, 0.15) is 6.10 Å². The number of amides is 1. The van der Waals surface area contributed by atoms with E-state index in [1.807, 2.05) is 6.92 Å². The van der Waals surface area contributed by atoms with Crippen LogP contribution in [0.3, 0.4) is 0 Å². The van der Waals surface area contributed by atoms with Gasteiger partial charge in [-0.25, -0.2) is 0 Å². The van der Waals surface area contributed by atoms with Crippen molar-refractivity contribution in [2.75, 3.05) is 26.3 Å². The predicted molar refractivity (Wildman–Crippen MR) is 95.4 cm³/mol. The van der Waals surface area contributed by atoms with Gasteiger partial charge in [0.2, 0.25) is 0 Å². The first kappa shape index (κ1) is 19.8. The number of aryl methyl sites for hydroxylation is 1. The van der Waals surface area contributed by atoms with Crippen LogP contribution in [0.1, 0.15) is 54.6 Å². The van der Waals surface area contributed by atoms with E-state index in [9.17, 15) is 15.0 Å². The fourth-order valence-corrected chi connectivity index (χ4v) is 3.03. The number of aromatic nitrogens is 1. The second-order valence-electron chi connectivity index (χ2n) is 6.69. The van der Waals surface area contributed by atoms with Crippen molar-refractivity contribution in [3.8, 4) is 0 Å². The molecule has 0 saturated carbocycles. The third-order valence-electron chi connectivity index (χ3n) is 4.67. The summed E-state index contributed by atoms with van der Waals surface area (Å²) in [5.74, 6) is -0.0596. The Hall–Kier alpha value is -1.50. The molecular formula is C19H30N2O4. The van der Waals surface area contributed by atoms with Gasteiger partial charge in [-0.3, -0.25) is 9.78 Å². The quantitative estimate of drug-likeness (QED) is 0.809. The van der Waals surface area contributed by atoms with Crippen molar-refractivity contribution < 1.29 is 19.7 Å². The molecule has 1 aromatic heterocycles. The first-order chi connectivity index (χ1) is 12.1. The van der Waals surface area contributed by atoms with Gasteiger partial charge in [-0.2, -0.15) is 0 Å². The molecule has 140 valence electrons. The zero-order valence-electron chi connectivity index (χ0n) is 15.1. The highest BCUT2D eigenvalue weighted by Crippen LogP contribution is 2.13. The van der Waals surface area contributed by atoms with Crippen LogP contribution in [0.5, 0.6) is 0 Å². The molecule has 2 rings (SSSR count). The summed E-state index contributed by atoms with van der Waals surface area (Å²) < 4.78 is 5.42. The SMILES string of the molecule is Cc1ncccc1C(=O)N1CCCCCCCOC[C@@H](O)[C@@H](O)CC1. The summed E-state index contributed by atoms with van der Waals surface area (Å²) in [6, 6.07) is 3.55. The van der Waals surface area contributed by atoms with Crippen molar-refractivity contribution in [3.63, 3.8) is 0 Å². The molecule has 0 spiro atoms. The minimum atomic E-state index is -0.917. The molecule has 2 atom stereocenters. The molecule has 0 aliphatic carbocycles. The standard InChI is InChI=1S/C19H30N2O4/c1-15-16(8-7-10-20-15)19(24)21-11-5-3-2-4-6-13-25-14-18(23)17(22)9-12-21/h7-8,10,17-18,22-23H,2-6,9,11-14H2,1H3/t17-,18+/m0/s1. The van der Waals surface area contributed by atoms with Crippen molar-refractivity contribution in [1.29, 1.82) is 0 Å². The van der Waals surface area contributed by atoms with E-state index in [0.717, 1.165) is 32.1 Å². The van der Waals surface area contributed by atoms with Crippen molar-refractivity contribution in [2.24, 2.45) is 0 Å². The lowest BCUT2D eigenvalue weighted by Crippen LogP contribution is -2.38. The summed E-state index contributed by atoms with van der Waals surface area (Å²) in [4.78, 5) is 18.8.